The maximum atomic E-state index is 3.71. The minimum Gasteiger partial charge on any atom is -0.103 e. The summed E-state index contributed by atoms with van der Waals surface area (Å²) in [5, 5.41) is 0. The molecule has 48 valence electrons. The molecule has 0 bridgehead atoms. The van der Waals surface area contributed by atoms with Gasteiger partial charge in [0.05, 0.1) is 8.07 Å². The van der Waals surface area contributed by atoms with Crippen LogP contribution in [0.4, 0.5) is 0 Å². The molecule has 0 rings (SSSR count). The molecule has 0 aliphatic carbocycles. The Balaban J connectivity index is 3.53. The fourth-order valence-electron chi connectivity index (χ4n) is 0.445. The third kappa shape index (κ3) is 3.44. The highest BCUT2D eigenvalue weighted by Gasteiger charge is 2.15. The zero-order chi connectivity index (χ0) is 6.62. The third-order valence-corrected chi connectivity index (χ3v) is 7.73. The van der Waals surface area contributed by atoms with Crippen LogP contribution < -0.4 is 0 Å². The molecule has 2 heteroatoms. The molecule has 0 aromatic heterocycles. The number of hydrogen-bond acceptors (Lipinski definition) is 0. The Morgan fingerprint density at radius 3 is 2.25 bits per heavy atom. The molecule has 0 N–H and O–H groups in total. The van der Waals surface area contributed by atoms with Crippen molar-refractivity contribution in [3.05, 3.63) is 12.7 Å². The van der Waals surface area contributed by atoms with Crippen molar-refractivity contribution in [3.8, 4) is 0 Å². The van der Waals surface area contributed by atoms with E-state index in [4.69, 9.17) is 0 Å². The van der Waals surface area contributed by atoms with E-state index in [-0.39, 0.29) is 0 Å². The van der Waals surface area contributed by atoms with Crippen LogP contribution in [0.1, 0.15) is 0 Å². The molecule has 0 heterocycles. The van der Waals surface area contributed by atoms with Crippen molar-refractivity contribution in [2.45, 2.75) is 19.1 Å². The molecule has 0 saturated heterocycles. The molecule has 0 spiro atoms. The highest BCUT2D eigenvalue weighted by molar-refractivity contribution is 9.09. The van der Waals surface area contributed by atoms with Crippen molar-refractivity contribution in [2.75, 3.05) is 4.95 Å². The predicted octanol–water partition coefficient (Wildman–Crippen LogP) is 2.81. The smallest absolute Gasteiger partial charge is 0.0624 e. The number of rotatable bonds is 3. The molecule has 0 radical (unpaired) electrons. The van der Waals surface area contributed by atoms with Gasteiger partial charge < -0.3 is 0 Å². The largest absolute Gasteiger partial charge is 0.103 e. The lowest BCUT2D eigenvalue weighted by atomic mass is 10.8. The number of hydrogen-bond donors (Lipinski definition) is 0. The monoisotopic (exact) mass is 192 g/mol. The van der Waals surface area contributed by atoms with Crippen LogP contribution in [0.5, 0.6) is 0 Å². The summed E-state index contributed by atoms with van der Waals surface area (Å²) in [7, 11) is -0.879. The molecule has 0 saturated carbocycles. The van der Waals surface area contributed by atoms with Crippen LogP contribution >= 0.6 is 15.9 Å². The lowest BCUT2D eigenvalue weighted by Gasteiger charge is -2.15. The quantitative estimate of drug-likeness (QED) is 0.367. The van der Waals surface area contributed by atoms with Crippen molar-refractivity contribution in [1.82, 2.24) is 0 Å². The van der Waals surface area contributed by atoms with Crippen molar-refractivity contribution in [2.24, 2.45) is 0 Å². The Morgan fingerprint density at radius 1 is 1.62 bits per heavy atom. The summed E-state index contributed by atoms with van der Waals surface area (Å²) in [5.74, 6) is 0. The first-order valence-corrected chi connectivity index (χ1v) is 7.33. The van der Waals surface area contributed by atoms with E-state index in [9.17, 15) is 0 Å². The van der Waals surface area contributed by atoms with E-state index >= 15 is 0 Å². The lowest BCUT2D eigenvalue weighted by Crippen LogP contribution is -2.26. The van der Waals surface area contributed by atoms with Crippen LogP contribution in [-0.2, 0) is 0 Å². The molecule has 0 amide bonds. The SMILES string of the molecule is C=CC[Si](C)(C)CBr. The van der Waals surface area contributed by atoms with Gasteiger partial charge in [0.2, 0.25) is 0 Å². The van der Waals surface area contributed by atoms with Gasteiger partial charge in [-0.1, -0.05) is 35.1 Å². The fourth-order valence-corrected chi connectivity index (χ4v) is 2.02. The average Bonchev–Trinajstić information content (AvgIpc) is 1.67. The molecule has 0 unspecified atom stereocenters. The molecular weight excluding hydrogens is 180 g/mol. The topological polar surface area (TPSA) is 0 Å². The zero-order valence-corrected chi connectivity index (χ0v) is 8.16. The van der Waals surface area contributed by atoms with E-state index in [0.717, 1.165) is 0 Å². The van der Waals surface area contributed by atoms with Crippen molar-refractivity contribution < 1.29 is 0 Å². The highest BCUT2D eigenvalue weighted by atomic mass is 79.9. The summed E-state index contributed by atoms with van der Waals surface area (Å²) >= 11 is 3.49. The number of alkyl halides is 1. The molecule has 0 nitrogen and oxygen atoms in total. The third-order valence-electron chi connectivity index (χ3n) is 1.06. The average molecular weight is 193 g/mol. The van der Waals surface area contributed by atoms with Crippen LogP contribution in [0, 0.1) is 0 Å². The van der Waals surface area contributed by atoms with Gasteiger partial charge in [0.15, 0.2) is 0 Å². The van der Waals surface area contributed by atoms with Gasteiger partial charge in [0.1, 0.15) is 0 Å². The van der Waals surface area contributed by atoms with Gasteiger partial charge in [-0.2, -0.15) is 0 Å². The normalized spacial score (nSPS) is 11.4. The standard InChI is InChI=1S/C6H13BrSi/c1-4-5-8(2,3)6-7/h4H,1,5-6H2,2-3H3. The number of allylic oxidation sites excluding steroid dienone is 1. The van der Waals surface area contributed by atoms with Crippen LogP contribution in [-0.4, -0.2) is 13.0 Å². The van der Waals surface area contributed by atoms with E-state index in [1.54, 1.807) is 0 Å². The van der Waals surface area contributed by atoms with Gasteiger partial charge in [0.25, 0.3) is 0 Å². The van der Waals surface area contributed by atoms with Crippen molar-refractivity contribution >= 4 is 24.0 Å². The molecule has 0 aliphatic rings. The first kappa shape index (κ1) is 8.44. The molecular formula is C6H13BrSi. The minimum atomic E-state index is -0.879. The van der Waals surface area contributed by atoms with E-state index < -0.39 is 8.07 Å². The van der Waals surface area contributed by atoms with E-state index in [2.05, 4.69) is 35.6 Å². The Morgan fingerprint density at radius 2 is 2.12 bits per heavy atom. The summed E-state index contributed by atoms with van der Waals surface area (Å²) in [5.41, 5.74) is 0. The van der Waals surface area contributed by atoms with Gasteiger partial charge in [-0.3, -0.25) is 0 Å². The second-order valence-electron chi connectivity index (χ2n) is 2.79. The molecule has 0 fully saturated rings. The lowest BCUT2D eigenvalue weighted by molar-refractivity contribution is 1.51. The molecule has 0 aromatic rings. The summed E-state index contributed by atoms with van der Waals surface area (Å²) in [6.45, 7) is 8.41. The van der Waals surface area contributed by atoms with E-state index in [0.29, 0.717) is 0 Å². The summed E-state index contributed by atoms with van der Waals surface area (Å²) < 4.78 is 0. The van der Waals surface area contributed by atoms with E-state index in [1.807, 2.05) is 6.08 Å². The summed E-state index contributed by atoms with van der Waals surface area (Å²) in [6.07, 6.45) is 2.02. The summed E-state index contributed by atoms with van der Waals surface area (Å²) in [6, 6.07) is 1.22. The molecule has 0 aliphatic heterocycles. The van der Waals surface area contributed by atoms with Crippen molar-refractivity contribution in [1.29, 1.82) is 0 Å². The number of halogens is 1. The summed E-state index contributed by atoms with van der Waals surface area (Å²) in [4.78, 5) is 1.19. The maximum absolute atomic E-state index is 3.71. The van der Waals surface area contributed by atoms with Crippen LogP contribution in [0.25, 0.3) is 0 Å². The second kappa shape index (κ2) is 3.46. The van der Waals surface area contributed by atoms with Gasteiger partial charge in [0, 0.05) is 0 Å². The molecule has 0 aromatic carbocycles. The minimum absolute atomic E-state index is 0.879. The Kier molecular flexibility index (Phi) is 3.65. The highest BCUT2D eigenvalue weighted by Crippen LogP contribution is 2.11. The molecule has 8 heavy (non-hydrogen) atoms. The Hall–Kier alpha value is 0.437. The van der Waals surface area contributed by atoms with Crippen LogP contribution in [0.3, 0.4) is 0 Å². The first-order valence-electron chi connectivity index (χ1n) is 2.79. The van der Waals surface area contributed by atoms with Gasteiger partial charge in [-0.05, 0) is 11.0 Å². The molecule has 0 atom stereocenters. The second-order valence-corrected chi connectivity index (χ2v) is 9.48. The first-order chi connectivity index (χ1) is 3.62. The van der Waals surface area contributed by atoms with Crippen LogP contribution in [0.2, 0.25) is 19.1 Å². The van der Waals surface area contributed by atoms with Gasteiger partial charge >= 0.3 is 0 Å². The Labute approximate surface area is 61.1 Å². The maximum Gasteiger partial charge on any atom is 0.0624 e. The van der Waals surface area contributed by atoms with Crippen molar-refractivity contribution in [3.63, 3.8) is 0 Å². The van der Waals surface area contributed by atoms with E-state index in [1.165, 1.54) is 11.0 Å². The predicted molar refractivity (Wildman–Crippen MR) is 46.3 cm³/mol. The van der Waals surface area contributed by atoms with Gasteiger partial charge in [-0.15, -0.1) is 6.58 Å². The van der Waals surface area contributed by atoms with Crippen LogP contribution in [0.15, 0.2) is 12.7 Å². The Bertz CT molecular complexity index is 78.6. The zero-order valence-electron chi connectivity index (χ0n) is 5.58. The van der Waals surface area contributed by atoms with Gasteiger partial charge in [-0.25, -0.2) is 0 Å². The fraction of sp³-hybridized carbons (Fsp3) is 0.667.